The first kappa shape index (κ1) is 16.2. The van der Waals surface area contributed by atoms with Gasteiger partial charge in [0, 0.05) is 31.8 Å². The molecule has 0 spiro atoms. The van der Waals surface area contributed by atoms with E-state index in [0.29, 0.717) is 17.3 Å². The molecule has 0 saturated carbocycles. The van der Waals surface area contributed by atoms with Gasteiger partial charge < -0.3 is 0 Å². The first-order valence-corrected chi connectivity index (χ1v) is 7.92. The zero-order valence-corrected chi connectivity index (χ0v) is 16.9. The summed E-state index contributed by atoms with van der Waals surface area (Å²) in [6.45, 7) is 9.39. The van der Waals surface area contributed by atoms with Crippen LogP contribution in [-0.2, 0) is 38.7 Å². The van der Waals surface area contributed by atoms with E-state index < -0.39 is 0 Å². The summed E-state index contributed by atoms with van der Waals surface area (Å²) in [5, 5.41) is 0. The molecule has 1 unspecified atom stereocenters. The Morgan fingerprint density at radius 2 is 1.70 bits per heavy atom. The quantitative estimate of drug-likeness (QED) is 0.564. The number of hydrogen-bond acceptors (Lipinski definition) is 0. The molecule has 0 nitrogen and oxygen atoms in total. The first-order chi connectivity index (χ1) is 9.08. The van der Waals surface area contributed by atoms with Gasteiger partial charge >= 0.3 is 0 Å². The van der Waals surface area contributed by atoms with Gasteiger partial charge in [-0.25, -0.2) is 0 Å². The Labute approximate surface area is 142 Å². The molecule has 1 aromatic carbocycles. The summed E-state index contributed by atoms with van der Waals surface area (Å²) >= 11 is 0. The first-order valence-electron chi connectivity index (χ1n) is 7.92. The largest absolute Gasteiger partial charge is 0.0761 e. The third-order valence-electron chi connectivity index (χ3n) is 5.60. The van der Waals surface area contributed by atoms with Crippen molar-refractivity contribution >= 4 is 6.08 Å². The van der Waals surface area contributed by atoms with Crippen LogP contribution < -0.4 is 0 Å². The summed E-state index contributed by atoms with van der Waals surface area (Å²) in [6, 6.07) is 5.01. The van der Waals surface area contributed by atoms with Crippen LogP contribution in [0.3, 0.4) is 0 Å². The second-order valence-corrected chi connectivity index (χ2v) is 6.94. The molecule has 1 atom stereocenters. The molecule has 106 valence electrons. The average Bonchev–Trinajstić information content (AvgIpc) is 2.96. The minimum absolute atomic E-state index is 0. The van der Waals surface area contributed by atoms with Crippen LogP contribution >= 0.6 is 0 Å². The smallest absolute Gasteiger partial charge is 0.00503 e. The van der Waals surface area contributed by atoms with E-state index in [1.807, 2.05) is 0 Å². The number of allylic oxidation sites excluding steroid dienone is 1. The number of hydrogen-bond donors (Lipinski definition) is 0. The van der Waals surface area contributed by atoms with Crippen molar-refractivity contribution in [3.63, 3.8) is 0 Å². The number of fused-ring (bicyclic) bond motifs is 2. The SMILES string of the molecule is CCC1(CC)Cc2cc3c(cc2C1)C(C(C)C)C=C3.[Hf]. The molecule has 20 heavy (non-hydrogen) atoms. The summed E-state index contributed by atoms with van der Waals surface area (Å²) in [6.07, 6.45) is 9.96. The van der Waals surface area contributed by atoms with Crippen LogP contribution in [0.5, 0.6) is 0 Å². The summed E-state index contributed by atoms with van der Waals surface area (Å²) in [7, 11) is 0. The van der Waals surface area contributed by atoms with E-state index in [1.165, 1.54) is 31.2 Å². The molecule has 3 rings (SSSR count). The van der Waals surface area contributed by atoms with Crippen molar-refractivity contribution in [2.45, 2.75) is 59.3 Å². The third-order valence-corrected chi connectivity index (χ3v) is 5.60. The van der Waals surface area contributed by atoms with Crippen molar-refractivity contribution in [1.29, 1.82) is 0 Å². The second-order valence-electron chi connectivity index (χ2n) is 6.94. The van der Waals surface area contributed by atoms with E-state index >= 15 is 0 Å². The van der Waals surface area contributed by atoms with E-state index in [2.05, 4.69) is 52.0 Å². The van der Waals surface area contributed by atoms with Gasteiger partial charge in [-0.3, -0.25) is 0 Å². The molecule has 0 radical (unpaired) electrons. The van der Waals surface area contributed by atoms with Crippen LogP contribution in [0.4, 0.5) is 0 Å². The molecule has 2 aliphatic rings. The fourth-order valence-corrected chi connectivity index (χ4v) is 4.00. The van der Waals surface area contributed by atoms with Crippen LogP contribution in [0.2, 0.25) is 0 Å². The van der Waals surface area contributed by atoms with Crippen molar-refractivity contribution in [2.75, 3.05) is 0 Å². The number of benzene rings is 1. The van der Waals surface area contributed by atoms with Crippen molar-refractivity contribution in [3.8, 4) is 0 Å². The fourth-order valence-electron chi connectivity index (χ4n) is 4.00. The molecule has 0 N–H and O–H groups in total. The summed E-state index contributed by atoms with van der Waals surface area (Å²) in [4.78, 5) is 0. The van der Waals surface area contributed by atoms with E-state index in [9.17, 15) is 0 Å². The predicted octanol–water partition coefficient (Wildman–Crippen LogP) is 5.36. The maximum atomic E-state index is 2.53. The third kappa shape index (κ3) is 2.51. The Balaban J connectivity index is 0.00000147. The van der Waals surface area contributed by atoms with Crippen molar-refractivity contribution < 1.29 is 25.8 Å². The zero-order chi connectivity index (χ0) is 13.6. The van der Waals surface area contributed by atoms with Crippen LogP contribution in [0.15, 0.2) is 18.2 Å². The van der Waals surface area contributed by atoms with Gasteiger partial charge in [0.05, 0.1) is 0 Å². The molecule has 0 saturated heterocycles. The Kier molecular flexibility index (Phi) is 4.79. The molecular formula is C19H26Hf. The molecule has 1 aromatic rings. The van der Waals surface area contributed by atoms with E-state index in [-0.39, 0.29) is 25.8 Å². The molecule has 0 fully saturated rings. The molecule has 0 aliphatic heterocycles. The van der Waals surface area contributed by atoms with E-state index in [0.717, 1.165) is 0 Å². The second kappa shape index (κ2) is 5.91. The minimum atomic E-state index is 0. The van der Waals surface area contributed by atoms with Crippen LogP contribution in [0.25, 0.3) is 6.08 Å². The van der Waals surface area contributed by atoms with Crippen LogP contribution in [-0.4, -0.2) is 0 Å². The van der Waals surface area contributed by atoms with Crippen LogP contribution in [0, 0.1) is 11.3 Å². The Morgan fingerprint density at radius 1 is 1.10 bits per heavy atom. The van der Waals surface area contributed by atoms with Gasteiger partial charge in [-0.2, -0.15) is 0 Å². The molecule has 0 heterocycles. The van der Waals surface area contributed by atoms with Gasteiger partial charge in [0.2, 0.25) is 0 Å². The van der Waals surface area contributed by atoms with E-state index in [4.69, 9.17) is 0 Å². The molecule has 2 aliphatic carbocycles. The average molecular weight is 433 g/mol. The number of rotatable bonds is 3. The maximum Gasteiger partial charge on any atom is 0.00503 e. The van der Waals surface area contributed by atoms with Crippen LogP contribution in [0.1, 0.15) is 68.7 Å². The monoisotopic (exact) mass is 434 g/mol. The van der Waals surface area contributed by atoms with Gasteiger partial charge in [-0.15, -0.1) is 0 Å². The van der Waals surface area contributed by atoms with Crippen molar-refractivity contribution in [2.24, 2.45) is 11.3 Å². The normalized spacial score (nSPS) is 21.8. The van der Waals surface area contributed by atoms with Gasteiger partial charge in [-0.1, -0.05) is 52.0 Å². The van der Waals surface area contributed by atoms with Gasteiger partial charge in [0.15, 0.2) is 0 Å². The molecule has 0 bridgehead atoms. The maximum absolute atomic E-state index is 2.53. The Morgan fingerprint density at radius 3 is 2.25 bits per heavy atom. The van der Waals surface area contributed by atoms with Crippen molar-refractivity contribution in [3.05, 3.63) is 40.5 Å². The summed E-state index contributed by atoms with van der Waals surface area (Å²) < 4.78 is 0. The molecule has 0 amide bonds. The topological polar surface area (TPSA) is 0 Å². The van der Waals surface area contributed by atoms with Crippen molar-refractivity contribution in [1.82, 2.24) is 0 Å². The Bertz CT molecular complexity index is 521. The molecular weight excluding hydrogens is 407 g/mol. The zero-order valence-electron chi connectivity index (χ0n) is 13.3. The van der Waals surface area contributed by atoms with Gasteiger partial charge in [0.1, 0.15) is 0 Å². The van der Waals surface area contributed by atoms with E-state index in [1.54, 1.807) is 16.7 Å². The predicted molar refractivity (Wildman–Crippen MR) is 83.5 cm³/mol. The summed E-state index contributed by atoms with van der Waals surface area (Å²) in [5.41, 5.74) is 6.87. The van der Waals surface area contributed by atoms with Gasteiger partial charge in [0.25, 0.3) is 0 Å². The molecule has 1 heteroatoms. The summed E-state index contributed by atoms with van der Waals surface area (Å²) in [5.74, 6) is 1.35. The Hall–Kier alpha value is -0.170. The minimum Gasteiger partial charge on any atom is -0.0761 e. The van der Waals surface area contributed by atoms with Gasteiger partial charge in [-0.05, 0) is 59.3 Å². The fraction of sp³-hybridized carbons (Fsp3) is 0.579. The molecule has 0 aromatic heterocycles. The standard InChI is InChI=1S/C19H26.Hf/c1-5-19(6-2)11-15-9-14-7-8-17(13(3)4)18(14)10-16(15)12-19;/h7-10,13,17H,5-6,11-12H2,1-4H3;.